The van der Waals surface area contributed by atoms with E-state index in [-0.39, 0.29) is 6.04 Å². The number of ether oxygens (including phenoxy) is 2. The van der Waals surface area contributed by atoms with E-state index in [0.717, 1.165) is 22.6 Å². The first-order chi connectivity index (χ1) is 9.30. The first kappa shape index (κ1) is 13.3. The molecule has 5 nitrogen and oxygen atoms in total. The summed E-state index contributed by atoms with van der Waals surface area (Å²) in [6, 6.07) is 7.63. The minimum absolute atomic E-state index is 0.0273. The van der Waals surface area contributed by atoms with Crippen molar-refractivity contribution in [3.63, 3.8) is 0 Å². The number of hydrogen-bond donors (Lipinski definition) is 1. The highest BCUT2D eigenvalue weighted by molar-refractivity contribution is 5.45. The summed E-state index contributed by atoms with van der Waals surface area (Å²) in [5.41, 5.74) is 2.02. The van der Waals surface area contributed by atoms with Crippen LogP contribution in [0.5, 0.6) is 11.5 Å². The van der Waals surface area contributed by atoms with Crippen molar-refractivity contribution in [1.29, 1.82) is 0 Å². The van der Waals surface area contributed by atoms with E-state index in [1.165, 1.54) is 0 Å². The number of aromatic nitrogens is 2. The Labute approximate surface area is 112 Å². The van der Waals surface area contributed by atoms with Crippen LogP contribution in [0.2, 0.25) is 0 Å². The zero-order valence-corrected chi connectivity index (χ0v) is 11.3. The highest BCUT2D eigenvalue weighted by Crippen LogP contribution is 2.32. The second-order valence-corrected chi connectivity index (χ2v) is 4.01. The summed E-state index contributed by atoms with van der Waals surface area (Å²) in [6.07, 6.45) is 3.41. The van der Waals surface area contributed by atoms with Gasteiger partial charge in [0.2, 0.25) is 0 Å². The van der Waals surface area contributed by atoms with Crippen LogP contribution in [0.25, 0.3) is 0 Å². The lowest BCUT2D eigenvalue weighted by molar-refractivity contribution is 0.395. The van der Waals surface area contributed by atoms with Gasteiger partial charge in [-0.15, -0.1) is 0 Å². The largest absolute Gasteiger partial charge is 0.497 e. The van der Waals surface area contributed by atoms with Gasteiger partial charge >= 0.3 is 0 Å². The second kappa shape index (κ2) is 6.15. The van der Waals surface area contributed by atoms with Crippen LogP contribution in [-0.4, -0.2) is 31.5 Å². The van der Waals surface area contributed by atoms with Crippen LogP contribution in [0.3, 0.4) is 0 Å². The van der Waals surface area contributed by atoms with Crippen LogP contribution in [0.4, 0.5) is 0 Å². The van der Waals surface area contributed by atoms with Gasteiger partial charge in [0, 0.05) is 11.8 Å². The summed E-state index contributed by atoms with van der Waals surface area (Å²) in [4.78, 5) is 0. The number of methoxy groups -OCH3 is 2. The normalized spacial score (nSPS) is 11.9. The summed E-state index contributed by atoms with van der Waals surface area (Å²) in [5, 5.41) is 11.0. The molecule has 1 aromatic carbocycles. The van der Waals surface area contributed by atoms with E-state index in [2.05, 4.69) is 15.5 Å². The van der Waals surface area contributed by atoms with Crippen molar-refractivity contribution in [2.24, 2.45) is 0 Å². The molecule has 0 bridgehead atoms. The van der Waals surface area contributed by atoms with E-state index < -0.39 is 0 Å². The van der Waals surface area contributed by atoms with Crippen LogP contribution < -0.4 is 14.8 Å². The summed E-state index contributed by atoms with van der Waals surface area (Å²) >= 11 is 0. The number of benzene rings is 1. The number of nitrogens with one attached hydrogen (secondary N) is 1. The molecule has 0 spiro atoms. The lowest BCUT2D eigenvalue weighted by Crippen LogP contribution is -2.18. The van der Waals surface area contributed by atoms with Crippen LogP contribution in [0.15, 0.2) is 36.7 Å². The third-order valence-electron chi connectivity index (χ3n) is 2.98. The molecule has 19 heavy (non-hydrogen) atoms. The fourth-order valence-corrected chi connectivity index (χ4v) is 2.04. The smallest absolute Gasteiger partial charge is 0.124 e. The fraction of sp³-hybridized carbons (Fsp3) is 0.286. The minimum Gasteiger partial charge on any atom is -0.497 e. The SMILES string of the molecule is CNC(c1ccnnc1)c1cc(OC)ccc1OC. The fourth-order valence-electron chi connectivity index (χ4n) is 2.04. The quantitative estimate of drug-likeness (QED) is 0.887. The molecule has 1 N–H and O–H groups in total. The number of rotatable bonds is 5. The maximum absolute atomic E-state index is 5.42. The molecule has 0 aliphatic rings. The molecule has 0 saturated heterocycles. The lowest BCUT2D eigenvalue weighted by atomic mass is 9.99. The van der Waals surface area contributed by atoms with Crippen molar-refractivity contribution in [3.05, 3.63) is 47.8 Å². The Morgan fingerprint density at radius 3 is 2.53 bits per heavy atom. The van der Waals surface area contributed by atoms with Gasteiger partial charge in [0.1, 0.15) is 11.5 Å². The molecule has 0 amide bonds. The minimum atomic E-state index is -0.0273. The molecule has 2 rings (SSSR count). The van der Waals surface area contributed by atoms with Crippen LogP contribution in [-0.2, 0) is 0 Å². The topological polar surface area (TPSA) is 56.3 Å². The monoisotopic (exact) mass is 259 g/mol. The van der Waals surface area contributed by atoms with E-state index in [1.807, 2.05) is 31.3 Å². The summed E-state index contributed by atoms with van der Waals surface area (Å²) < 4.78 is 10.7. The van der Waals surface area contributed by atoms with Crippen molar-refractivity contribution >= 4 is 0 Å². The highest BCUT2D eigenvalue weighted by Gasteiger charge is 2.17. The van der Waals surface area contributed by atoms with Crippen molar-refractivity contribution in [2.45, 2.75) is 6.04 Å². The van der Waals surface area contributed by atoms with E-state index in [9.17, 15) is 0 Å². The third-order valence-corrected chi connectivity index (χ3v) is 2.98. The van der Waals surface area contributed by atoms with Crippen LogP contribution in [0.1, 0.15) is 17.2 Å². The average Bonchev–Trinajstić information content (AvgIpc) is 2.49. The van der Waals surface area contributed by atoms with Gasteiger partial charge in [0.25, 0.3) is 0 Å². The molecule has 5 heteroatoms. The van der Waals surface area contributed by atoms with Gasteiger partial charge < -0.3 is 14.8 Å². The Morgan fingerprint density at radius 2 is 1.95 bits per heavy atom. The van der Waals surface area contributed by atoms with Crippen molar-refractivity contribution < 1.29 is 9.47 Å². The molecule has 2 aromatic rings. The van der Waals surface area contributed by atoms with Crippen molar-refractivity contribution in [1.82, 2.24) is 15.5 Å². The molecule has 1 unspecified atom stereocenters. The molecule has 1 atom stereocenters. The van der Waals surface area contributed by atoms with Gasteiger partial charge in [-0.1, -0.05) is 0 Å². The summed E-state index contributed by atoms with van der Waals surface area (Å²) in [6.45, 7) is 0. The summed E-state index contributed by atoms with van der Waals surface area (Å²) in [5.74, 6) is 1.59. The van der Waals surface area contributed by atoms with Gasteiger partial charge in [0.15, 0.2) is 0 Å². The van der Waals surface area contributed by atoms with Gasteiger partial charge in [-0.2, -0.15) is 10.2 Å². The maximum Gasteiger partial charge on any atom is 0.124 e. The predicted octanol–water partition coefficient (Wildman–Crippen LogP) is 1.80. The van der Waals surface area contributed by atoms with Gasteiger partial charge in [-0.25, -0.2) is 0 Å². The Morgan fingerprint density at radius 1 is 1.11 bits per heavy atom. The molecule has 0 aliphatic carbocycles. The molecule has 1 heterocycles. The number of nitrogens with zero attached hydrogens (tertiary/aromatic N) is 2. The van der Waals surface area contributed by atoms with Crippen LogP contribution in [0, 0.1) is 0 Å². The van der Waals surface area contributed by atoms with E-state index in [0.29, 0.717) is 0 Å². The Balaban J connectivity index is 2.48. The molecule has 1 aromatic heterocycles. The van der Waals surface area contributed by atoms with Crippen molar-refractivity contribution in [3.8, 4) is 11.5 Å². The average molecular weight is 259 g/mol. The van der Waals surface area contributed by atoms with Gasteiger partial charge in [-0.3, -0.25) is 0 Å². The number of hydrogen-bond acceptors (Lipinski definition) is 5. The van der Waals surface area contributed by atoms with Gasteiger partial charge in [0.05, 0.1) is 26.5 Å². The Hall–Kier alpha value is -2.14. The molecule has 0 fully saturated rings. The highest BCUT2D eigenvalue weighted by atomic mass is 16.5. The van der Waals surface area contributed by atoms with E-state index >= 15 is 0 Å². The van der Waals surface area contributed by atoms with Crippen molar-refractivity contribution in [2.75, 3.05) is 21.3 Å². The molecule has 0 saturated carbocycles. The molecular weight excluding hydrogens is 242 g/mol. The second-order valence-electron chi connectivity index (χ2n) is 4.01. The molecule has 0 radical (unpaired) electrons. The standard InChI is InChI=1S/C14H17N3O2/c1-15-14(10-6-7-16-17-9-10)12-8-11(18-2)4-5-13(12)19-3/h4-9,14-15H,1-3H3. The zero-order chi connectivity index (χ0) is 13.7. The predicted molar refractivity (Wildman–Crippen MR) is 72.5 cm³/mol. The summed E-state index contributed by atoms with van der Waals surface area (Å²) in [7, 11) is 5.20. The van der Waals surface area contributed by atoms with E-state index in [1.54, 1.807) is 26.6 Å². The molecule has 100 valence electrons. The molecule has 0 aliphatic heterocycles. The Kier molecular flexibility index (Phi) is 4.30. The maximum atomic E-state index is 5.42. The Bertz CT molecular complexity index is 531. The van der Waals surface area contributed by atoms with Crippen LogP contribution >= 0.6 is 0 Å². The van der Waals surface area contributed by atoms with E-state index in [4.69, 9.17) is 9.47 Å². The first-order valence-corrected chi connectivity index (χ1v) is 5.96. The lowest BCUT2D eigenvalue weighted by Gasteiger charge is -2.20. The van der Waals surface area contributed by atoms with Gasteiger partial charge in [-0.05, 0) is 36.9 Å². The zero-order valence-electron chi connectivity index (χ0n) is 11.3. The third kappa shape index (κ3) is 2.82. The molecular formula is C14H17N3O2. The first-order valence-electron chi connectivity index (χ1n) is 5.96.